The first-order valence-corrected chi connectivity index (χ1v) is 10.2. The first-order valence-electron chi connectivity index (χ1n) is 10.2. The van der Waals surface area contributed by atoms with Gasteiger partial charge in [-0.2, -0.15) is 5.10 Å². The average molecular weight is 429 g/mol. The Morgan fingerprint density at radius 3 is 2.50 bits per heavy atom. The van der Waals surface area contributed by atoms with Gasteiger partial charge in [-0.25, -0.2) is 9.07 Å². The standard InChI is InChI=1S/C25H20FN3O3/c1-32-21-9-2-16(3-10-21)15-28-24(30)13-22(25(28)31)17-4-11-23-18(12-17)14-27-29(23)20-7-5-19(26)6-8-20/h2-12,14,22H,13,15H2,1H3. The number of nitrogens with zero attached hydrogens (tertiary/aromatic N) is 3. The van der Waals surface area contributed by atoms with Crippen LogP contribution in [0.15, 0.2) is 72.9 Å². The van der Waals surface area contributed by atoms with Gasteiger partial charge in [-0.15, -0.1) is 0 Å². The summed E-state index contributed by atoms with van der Waals surface area (Å²) in [5.74, 6) is -0.482. The number of likely N-dealkylation sites (tertiary alicyclic amines) is 1. The van der Waals surface area contributed by atoms with Gasteiger partial charge in [0.2, 0.25) is 11.8 Å². The number of methoxy groups -OCH3 is 1. The molecule has 1 aliphatic rings. The first-order chi connectivity index (χ1) is 15.5. The van der Waals surface area contributed by atoms with E-state index in [1.165, 1.54) is 17.0 Å². The van der Waals surface area contributed by atoms with Crippen LogP contribution >= 0.6 is 0 Å². The highest BCUT2D eigenvalue weighted by Gasteiger charge is 2.39. The Morgan fingerprint density at radius 2 is 1.78 bits per heavy atom. The van der Waals surface area contributed by atoms with E-state index in [1.807, 2.05) is 42.5 Å². The van der Waals surface area contributed by atoms with Gasteiger partial charge in [0.25, 0.3) is 0 Å². The maximum atomic E-state index is 13.2. The zero-order valence-corrected chi connectivity index (χ0v) is 17.4. The molecule has 1 aliphatic heterocycles. The molecule has 1 saturated heterocycles. The van der Waals surface area contributed by atoms with Crippen LogP contribution in [-0.4, -0.2) is 33.6 Å². The molecule has 0 bridgehead atoms. The highest BCUT2D eigenvalue weighted by molar-refractivity contribution is 6.06. The number of carbonyl (C=O) groups excluding carboxylic acids is 2. The van der Waals surface area contributed by atoms with E-state index < -0.39 is 5.92 Å². The molecule has 32 heavy (non-hydrogen) atoms. The number of hydrogen-bond acceptors (Lipinski definition) is 4. The molecule has 0 saturated carbocycles. The average Bonchev–Trinajstić information content (AvgIpc) is 3.36. The molecule has 0 aliphatic carbocycles. The third kappa shape index (κ3) is 3.51. The molecule has 0 spiro atoms. The van der Waals surface area contributed by atoms with E-state index in [0.29, 0.717) is 0 Å². The van der Waals surface area contributed by atoms with Crippen molar-refractivity contribution in [2.75, 3.05) is 7.11 Å². The summed E-state index contributed by atoms with van der Waals surface area (Å²) in [5, 5.41) is 5.25. The maximum Gasteiger partial charge on any atom is 0.237 e. The lowest BCUT2D eigenvalue weighted by atomic mass is 9.96. The second-order valence-electron chi connectivity index (χ2n) is 7.77. The van der Waals surface area contributed by atoms with Crippen molar-refractivity contribution in [3.05, 3.63) is 89.9 Å². The minimum Gasteiger partial charge on any atom is -0.497 e. The van der Waals surface area contributed by atoms with E-state index in [2.05, 4.69) is 5.10 Å². The van der Waals surface area contributed by atoms with Crippen LogP contribution in [0.2, 0.25) is 0 Å². The van der Waals surface area contributed by atoms with Crippen molar-refractivity contribution >= 4 is 22.7 Å². The Kier molecular flexibility index (Phi) is 4.93. The first kappa shape index (κ1) is 19.9. The molecule has 160 valence electrons. The van der Waals surface area contributed by atoms with Crippen molar-refractivity contribution < 1.29 is 18.7 Å². The fraction of sp³-hybridized carbons (Fsp3) is 0.160. The molecule has 2 heterocycles. The minimum absolute atomic E-state index is 0.145. The summed E-state index contributed by atoms with van der Waals surface area (Å²) < 4.78 is 20.1. The Labute approximate surface area is 183 Å². The zero-order valence-electron chi connectivity index (χ0n) is 17.4. The molecule has 7 heteroatoms. The Hall–Kier alpha value is -4.00. The van der Waals surface area contributed by atoms with Crippen molar-refractivity contribution in [2.24, 2.45) is 0 Å². The van der Waals surface area contributed by atoms with Crippen molar-refractivity contribution in [1.29, 1.82) is 0 Å². The Morgan fingerprint density at radius 1 is 1.03 bits per heavy atom. The van der Waals surface area contributed by atoms with Crippen LogP contribution in [0.3, 0.4) is 0 Å². The molecule has 0 N–H and O–H groups in total. The fourth-order valence-corrected chi connectivity index (χ4v) is 4.08. The van der Waals surface area contributed by atoms with Crippen LogP contribution in [0.5, 0.6) is 5.75 Å². The summed E-state index contributed by atoms with van der Waals surface area (Å²) >= 11 is 0. The van der Waals surface area contributed by atoms with Crippen LogP contribution in [0.4, 0.5) is 4.39 Å². The van der Waals surface area contributed by atoms with Crippen LogP contribution < -0.4 is 4.74 Å². The number of rotatable bonds is 5. The number of ether oxygens (including phenoxy) is 1. The van der Waals surface area contributed by atoms with E-state index >= 15 is 0 Å². The number of hydrogen-bond donors (Lipinski definition) is 0. The highest BCUT2D eigenvalue weighted by Crippen LogP contribution is 2.33. The summed E-state index contributed by atoms with van der Waals surface area (Å²) in [6.45, 7) is 0.239. The molecule has 6 nitrogen and oxygen atoms in total. The van der Waals surface area contributed by atoms with Gasteiger partial charge in [0, 0.05) is 11.8 Å². The van der Waals surface area contributed by atoms with Gasteiger partial charge in [0.1, 0.15) is 11.6 Å². The SMILES string of the molecule is COc1ccc(CN2C(=O)CC(c3ccc4c(cnn4-c4ccc(F)cc4)c3)C2=O)cc1. The van der Waals surface area contributed by atoms with Gasteiger partial charge in [-0.3, -0.25) is 14.5 Å². The van der Waals surface area contributed by atoms with Gasteiger partial charge >= 0.3 is 0 Å². The van der Waals surface area contributed by atoms with Crippen molar-refractivity contribution in [1.82, 2.24) is 14.7 Å². The van der Waals surface area contributed by atoms with Crippen LogP contribution in [0, 0.1) is 5.82 Å². The molecule has 1 fully saturated rings. The van der Waals surface area contributed by atoms with Crippen molar-refractivity contribution in [3.63, 3.8) is 0 Å². The van der Waals surface area contributed by atoms with Crippen LogP contribution in [-0.2, 0) is 16.1 Å². The van der Waals surface area contributed by atoms with E-state index in [4.69, 9.17) is 4.74 Å². The smallest absolute Gasteiger partial charge is 0.237 e. The molecule has 1 atom stereocenters. The van der Waals surface area contributed by atoms with E-state index in [9.17, 15) is 14.0 Å². The molecule has 2 amide bonds. The number of halogens is 1. The van der Waals surface area contributed by atoms with Gasteiger partial charge in [0.15, 0.2) is 0 Å². The number of benzene rings is 3. The maximum absolute atomic E-state index is 13.2. The lowest BCUT2D eigenvalue weighted by Crippen LogP contribution is -2.29. The van der Waals surface area contributed by atoms with Crippen LogP contribution in [0.1, 0.15) is 23.5 Å². The summed E-state index contributed by atoms with van der Waals surface area (Å²) in [5.41, 5.74) is 3.23. The van der Waals surface area contributed by atoms with E-state index in [-0.39, 0.29) is 30.6 Å². The second kappa shape index (κ2) is 7.92. The minimum atomic E-state index is -0.515. The second-order valence-corrected chi connectivity index (χ2v) is 7.77. The lowest BCUT2D eigenvalue weighted by molar-refractivity contribution is -0.139. The third-order valence-corrected chi connectivity index (χ3v) is 5.81. The van der Waals surface area contributed by atoms with Crippen molar-refractivity contribution in [3.8, 4) is 11.4 Å². The summed E-state index contributed by atoms with van der Waals surface area (Å²) in [6.07, 6.45) is 1.85. The number of carbonyl (C=O) groups is 2. The summed E-state index contributed by atoms with van der Waals surface area (Å²) in [7, 11) is 1.59. The molecule has 3 aromatic carbocycles. The molecule has 4 aromatic rings. The van der Waals surface area contributed by atoms with Gasteiger partial charge < -0.3 is 4.74 Å². The lowest BCUT2D eigenvalue weighted by Gasteiger charge is -2.15. The topological polar surface area (TPSA) is 64.4 Å². The van der Waals surface area contributed by atoms with Gasteiger partial charge in [-0.1, -0.05) is 18.2 Å². The van der Waals surface area contributed by atoms with Gasteiger partial charge in [0.05, 0.1) is 37.0 Å². The summed E-state index contributed by atoms with van der Waals surface area (Å²) in [4.78, 5) is 27.0. The molecule has 1 unspecified atom stereocenters. The monoisotopic (exact) mass is 429 g/mol. The molecule has 1 aromatic heterocycles. The zero-order chi connectivity index (χ0) is 22.2. The largest absolute Gasteiger partial charge is 0.497 e. The predicted octanol–water partition coefficient (Wildman–Crippen LogP) is 4.22. The molecule has 5 rings (SSSR count). The Balaban J connectivity index is 1.39. The predicted molar refractivity (Wildman–Crippen MR) is 117 cm³/mol. The Bertz CT molecular complexity index is 1310. The van der Waals surface area contributed by atoms with Crippen molar-refractivity contribution in [2.45, 2.75) is 18.9 Å². The quantitative estimate of drug-likeness (QED) is 0.446. The number of fused-ring (bicyclic) bond motifs is 1. The van der Waals surface area contributed by atoms with E-state index in [0.717, 1.165) is 33.5 Å². The molecule has 0 radical (unpaired) electrons. The number of aromatic nitrogens is 2. The van der Waals surface area contributed by atoms with E-state index in [1.54, 1.807) is 30.1 Å². The fourth-order valence-electron chi connectivity index (χ4n) is 4.08. The molecular formula is C25H20FN3O3. The third-order valence-electron chi connectivity index (χ3n) is 5.81. The molecular weight excluding hydrogens is 409 g/mol. The highest BCUT2D eigenvalue weighted by atomic mass is 19.1. The van der Waals surface area contributed by atoms with Gasteiger partial charge in [-0.05, 0) is 59.7 Å². The number of amides is 2. The summed E-state index contributed by atoms with van der Waals surface area (Å²) in [6, 6.07) is 19.0. The normalized spacial score (nSPS) is 16.2. The van der Waals surface area contributed by atoms with Crippen LogP contribution in [0.25, 0.3) is 16.6 Å². The number of imide groups is 1.